The summed E-state index contributed by atoms with van der Waals surface area (Å²) in [4.78, 5) is 12.3. The Labute approximate surface area is 134 Å². The number of hydrogen-bond acceptors (Lipinski definition) is 4. The predicted octanol–water partition coefficient (Wildman–Crippen LogP) is 3.56. The van der Waals surface area contributed by atoms with Gasteiger partial charge in [0.25, 0.3) is 0 Å². The van der Waals surface area contributed by atoms with Gasteiger partial charge in [-0.1, -0.05) is 24.3 Å². The number of ether oxygens (including phenoxy) is 1. The summed E-state index contributed by atoms with van der Waals surface area (Å²) in [5, 5.41) is 19.1. The molecule has 1 aliphatic carbocycles. The highest BCUT2D eigenvalue weighted by molar-refractivity contribution is 6.02. The lowest BCUT2D eigenvalue weighted by molar-refractivity contribution is 0.0937. The van der Waals surface area contributed by atoms with Gasteiger partial charge >= 0.3 is 0 Å². The van der Waals surface area contributed by atoms with Crippen LogP contribution in [0.15, 0.2) is 42.5 Å². The van der Waals surface area contributed by atoms with Crippen LogP contribution < -0.4 is 4.74 Å². The highest BCUT2D eigenvalue weighted by Crippen LogP contribution is 2.32. The molecule has 2 aromatic carbocycles. The van der Waals surface area contributed by atoms with Crippen LogP contribution in [0.4, 0.5) is 0 Å². The zero-order valence-electron chi connectivity index (χ0n) is 12.8. The molecule has 23 heavy (non-hydrogen) atoms. The van der Waals surface area contributed by atoms with Crippen molar-refractivity contribution in [3.05, 3.63) is 59.2 Å². The molecule has 0 radical (unpaired) electrons. The zero-order valence-corrected chi connectivity index (χ0v) is 12.8. The van der Waals surface area contributed by atoms with Gasteiger partial charge in [0.2, 0.25) is 0 Å². The minimum atomic E-state index is -0.0814. The number of carbonyl (C=O) groups excluding carboxylic acids is 1. The Morgan fingerprint density at radius 3 is 2.83 bits per heavy atom. The van der Waals surface area contributed by atoms with Crippen LogP contribution in [0.1, 0.15) is 27.9 Å². The highest BCUT2D eigenvalue weighted by atomic mass is 16.5. The van der Waals surface area contributed by atoms with Crippen LogP contribution in [0.2, 0.25) is 0 Å². The average molecular weight is 310 g/mol. The van der Waals surface area contributed by atoms with Crippen molar-refractivity contribution >= 4 is 11.9 Å². The molecular weight excluding hydrogens is 292 g/mol. The van der Waals surface area contributed by atoms with E-state index in [9.17, 15) is 15.0 Å². The fraction of sp³-hybridized carbons (Fsp3) is 0.211. The fourth-order valence-electron chi connectivity index (χ4n) is 2.91. The molecule has 2 aromatic rings. The molecule has 0 amide bonds. The summed E-state index contributed by atoms with van der Waals surface area (Å²) in [6.45, 7) is 0. The number of allylic oxidation sites excluding steroid dienone is 1. The van der Waals surface area contributed by atoms with E-state index in [0.717, 1.165) is 11.1 Å². The summed E-state index contributed by atoms with van der Waals surface area (Å²) >= 11 is 0. The fourth-order valence-corrected chi connectivity index (χ4v) is 2.91. The number of Topliss-reactive ketones (excluding diaryl/α,β-unsaturated/α-hetero) is 1. The number of carbonyl (C=O) groups is 1. The molecule has 0 spiro atoms. The molecule has 0 bridgehead atoms. The van der Waals surface area contributed by atoms with E-state index in [1.54, 1.807) is 30.3 Å². The lowest BCUT2D eigenvalue weighted by atomic mass is 10.00. The molecule has 3 rings (SSSR count). The first kappa shape index (κ1) is 15.2. The molecule has 1 aliphatic rings. The van der Waals surface area contributed by atoms with Gasteiger partial charge in [-0.3, -0.25) is 4.79 Å². The van der Waals surface area contributed by atoms with Crippen molar-refractivity contribution in [1.29, 1.82) is 0 Å². The van der Waals surface area contributed by atoms with E-state index in [2.05, 4.69) is 0 Å². The molecule has 0 heterocycles. The zero-order chi connectivity index (χ0) is 16.4. The molecule has 0 saturated carbocycles. The largest absolute Gasteiger partial charge is 0.508 e. The van der Waals surface area contributed by atoms with E-state index in [1.165, 1.54) is 7.11 Å². The van der Waals surface area contributed by atoms with Crippen LogP contribution >= 0.6 is 0 Å². The monoisotopic (exact) mass is 310 g/mol. The minimum absolute atomic E-state index is 0.0814. The third-order valence-corrected chi connectivity index (χ3v) is 4.13. The smallest absolute Gasteiger partial charge is 0.166 e. The number of aromatic hydroxyl groups is 2. The second kappa shape index (κ2) is 6.16. The number of benzene rings is 2. The lowest BCUT2D eigenvalue weighted by Gasteiger charge is -2.05. The van der Waals surface area contributed by atoms with Crippen LogP contribution in [-0.4, -0.2) is 23.1 Å². The Kier molecular flexibility index (Phi) is 4.06. The second-order valence-electron chi connectivity index (χ2n) is 5.68. The maximum Gasteiger partial charge on any atom is 0.166 e. The first-order valence-corrected chi connectivity index (χ1v) is 7.48. The Morgan fingerprint density at radius 2 is 2.04 bits per heavy atom. The van der Waals surface area contributed by atoms with E-state index in [1.807, 2.05) is 18.2 Å². The summed E-state index contributed by atoms with van der Waals surface area (Å²) in [6, 6.07) is 10.1. The van der Waals surface area contributed by atoms with Gasteiger partial charge in [0.05, 0.1) is 7.11 Å². The minimum Gasteiger partial charge on any atom is -0.508 e. The Morgan fingerprint density at radius 1 is 1.22 bits per heavy atom. The molecule has 0 fully saturated rings. The summed E-state index contributed by atoms with van der Waals surface area (Å²) in [5.74, 6) is 0.660. The second-order valence-corrected chi connectivity index (χ2v) is 5.68. The van der Waals surface area contributed by atoms with Crippen molar-refractivity contribution < 1.29 is 19.7 Å². The average Bonchev–Trinajstić information content (AvgIpc) is 2.85. The molecule has 4 heteroatoms. The van der Waals surface area contributed by atoms with E-state index in [4.69, 9.17) is 4.74 Å². The number of phenolic OH excluding ortho intramolecular Hbond substituents is 2. The van der Waals surface area contributed by atoms with Gasteiger partial charge in [-0.05, 0) is 48.2 Å². The number of ketones is 1. The SMILES string of the molecule is COc1cc(/C=C/CC2Cc3ccc(O)cc3C2=O)ccc1O. The highest BCUT2D eigenvalue weighted by Gasteiger charge is 2.29. The molecule has 0 aliphatic heterocycles. The number of hydrogen-bond donors (Lipinski definition) is 2. The molecule has 118 valence electrons. The van der Waals surface area contributed by atoms with Gasteiger partial charge in [0, 0.05) is 11.5 Å². The standard InChI is InChI=1S/C19H18O4/c1-23-18-9-12(5-8-17(18)21)3-2-4-14-10-13-6-7-15(20)11-16(13)19(14)22/h2-3,5-9,11,14,20-21H,4,10H2,1H3/b3-2+. The Balaban J connectivity index is 1.69. The third kappa shape index (κ3) is 3.06. The van der Waals surface area contributed by atoms with Gasteiger partial charge in [-0.25, -0.2) is 0 Å². The maximum atomic E-state index is 12.3. The van der Waals surface area contributed by atoms with Gasteiger partial charge in [0.1, 0.15) is 5.75 Å². The Bertz CT molecular complexity index is 777. The lowest BCUT2D eigenvalue weighted by Crippen LogP contribution is -2.07. The van der Waals surface area contributed by atoms with Crippen molar-refractivity contribution in [3.63, 3.8) is 0 Å². The number of rotatable bonds is 4. The Hall–Kier alpha value is -2.75. The van der Waals surface area contributed by atoms with E-state index < -0.39 is 0 Å². The quantitative estimate of drug-likeness (QED) is 0.906. The number of methoxy groups -OCH3 is 1. The normalized spacial score (nSPS) is 16.7. The van der Waals surface area contributed by atoms with Crippen LogP contribution in [0, 0.1) is 5.92 Å². The predicted molar refractivity (Wildman–Crippen MR) is 87.9 cm³/mol. The first-order chi connectivity index (χ1) is 11.1. The number of fused-ring (bicyclic) bond motifs is 1. The van der Waals surface area contributed by atoms with Crippen LogP contribution in [0.5, 0.6) is 17.2 Å². The maximum absolute atomic E-state index is 12.3. The van der Waals surface area contributed by atoms with Crippen molar-refractivity contribution in [1.82, 2.24) is 0 Å². The molecule has 0 saturated heterocycles. The summed E-state index contributed by atoms with van der Waals surface area (Å²) < 4.78 is 5.07. The molecule has 1 unspecified atom stereocenters. The van der Waals surface area contributed by atoms with Gasteiger partial charge in [-0.2, -0.15) is 0 Å². The van der Waals surface area contributed by atoms with Crippen LogP contribution in [0.25, 0.3) is 6.08 Å². The van der Waals surface area contributed by atoms with E-state index >= 15 is 0 Å². The number of phenols is 2. The molecular formula is C19H18O4. The van der Waals surface area contributed by atoms with Crippen molar-refractivity contribution in [2.75, 3.05) is 7.11 Å². The summed E-state index contributed by atoms with van der Waals surface area (Å²) in [5.41, 5.74) is 2.53. The van der Waals surface area contributed by atoms with Crippen molar-refractivity contribution in [3.8, 4) is 17.2 Å². The topological polar surface area (TPSA) is 66.8 Å². The van der Waals surface area contributed by atoms with E-state index in [-0.39, 0.29) is 23.2 Å². The summed E-state index contributed by atoms with van der Waals surface area (Å²) in [6.07, 6.45) is 5.21. The van der Waals surface area contributed by atoms with Crippen molar-refractivity contribution in [2.24, 2.45) is 5.92 Å². The first-order valence-electron chi connectivity index (χ1n) is 7.48. The van der Waals surface area contributed by atoms with Crippen LogP contribution in [0.3, 0.4) is 0 Å². The molecule has 1 atom stereocenters. The van der Waals surface area contributed by atoms with Gasteiger partial charge < -0.3 is 14.9 Å². The molecule has 2 N–H and O–H groups in total. The molecule has 4 nitrogen and oxygen atoms in total. The van der Waals surface area contributed by atoms with Gasteiger partial charge in [0.15, 0.2) is 17.3 Å². The van der Waals surface area contributed by atoms with Crippen LogP contribution in [-0.2, 0) is 6.42 Å². The van der Waals surface area contributed by atoms with E-state index in [0.29, 0.717) is 24.2 Å². The summed E-state index contributed by atoms with van der Waals surface area (Å²) in [7, 11) is 1.51. The third-order valence-electron chi connectivity index (χ3n) is 4.13. The van der Waals surface area contributed by atoms with Crippen molar-refractivity contribution in [2.45, 2.75) is 12.8 Å². The molecule has 0 aromatic heterocycles. The van der Waals surface area contributed by atoms with Gasteiger partial charge in [-0.15, -0.1) is 0 Å².